The molecule has 156 valence electrons. The van der Waals surface area contributed by atoms with Crippen molar-refractivity contribution in [2.24, 2.45) is 0 Å². The summed E-state index contributed by atoms with van der Waals surface area (Å²) in [5.74, 6) is -0.490. The Morgan fingerprint density at radius 1 is 0.967 bits per heavy atom. The molecule has 8 nitrogen and oxygen atoms in total. The number of methoxy groups -OCH3 is 1. The van der Waals surface area contributed by atoms with E-state index in [-0.39, 0.29) is 10.5 Å². The normalized spacial score (nSPS) is 10.9. The summed E-state index contributed by atoms with van der Waals surface area (Å²) in [6.45, 7) is 1.79. The quantitative estimate of drug-likeness (QED) is 0.505. The van der Waals surface area contributed by atoms with Gasteiger partial charge in [0.15, 0.2) is 0 Å². The molecule has 0 aliphatic heterocycles. The molecule has 3 rings (SSSR count). The van der Waals surface area contributed by atoms with Crippen LogP contribution in [-0.4, -0.2) is 27.3 Å². The molecule has 2 amide bonds. The highest BCUT2D eigenvalue weighted by molar-refractivity contribution is 7.92. The van der Waals surface area contributed by atoms with E-state index < -0.39 is 21.8 Å². The molecule has 0 saturated carbocycles. The van der Waals surface area contributed by atoms with Crippen LogP contribution in [0.2, 0.25) is 0 Å². The number of aryl methyl sites for hydroxylation is 1. The van der Waals surface area contributed by atoms with Crippen molar-refractivity contribution in [1.82, 2.24) is 10.9 Å². The molecule has 0 spiro atoms. The molecule has 0 atom stereocenters. The van der Waals surface area contributed by atoms with Crippen molar-refractivity contribution in [3.05, 3.63) is 76.0 Å². The van der Waals surface area contributed by atoms with Gasteiger partial charge in [-0.05, 0) is 66.4 Å². The van der Waals surface area contributed by atoms with Gasteiger partial charge in [0.1, 0.15) is 5.75 Å². The number of hydrogen-bond acceptors (Lipinski definition) is 6. The fourth-order valence-corrected chi connectivity index (χ4v) is 4.45. The number of carbonyl (C=O) groups is 2. The number of ether oxygens (including phenoxy) is 1. The number of thiophene rings is 1. The first-order chi connectivity index (χ1) is 14.3. The van der Waals surface area contributed by atoms with Gasteiger partial charge < -0.3 is 4.74 Å². The summed E-state index contributed by atoms with van der Waals surface area (Å²) in [7, 11) is -2.40. The molecule has 1 heterocycles. The zero-order chi connectivity index (χ0) is 21.7. The molecule has 30 heavy (non-hydrogen) atoms. The van der Waals surface area contributed by atoms with Crippen molar-refractivity contribution in [1.29, 1.82) is 0 Å². The topological polar surface area (TPSA) is 114 Å². The first-order valence-electron chi connectivity index (χ1n) is 8.72. The molecule has 0 radical (unpaired) electrons. The van der Waals surface area contributed by atoms with Gasteiger partial charge in [-0.2, -0.15) is 0 Å². The number of amides is 2. The van der Waals surface area contributed by atoms with E-state index in [1.54, 1.807) is 42.6 Å². The third kappa shape index (κ3) is 4.97. The van der Waals surface area contributed by atoms with Crippen LogP contribution < -0.4 is 20.3 Å². The molecular weight excluding hydrogens is 426 g/mol. The maximum atomic E-state index is 12.6. The minimum absolute atomic E-state index is 0.0795. The minimum Gasteiger partial charge on any atom is -0.497 e. The number of sulfonamides is 1. The summed E-state index contributed by atoms with van der Waals surface area (Å²) in [5, 5.41) is 1.77. The third-order valence-electron chi connectivity index (χ3n) is 4.11. The van der Waals surface area contributed by atoms with Crippen LogP contribution in [0.25, 0.3) is 0 Å². The van der Waals surface area contributed by atoms with Crippen LogP contribution in [0.15, 0.2) is 64.9 Å². The molecule has 2 aromatic carbocycles. The highest BCUT2D eigenvalue weighted by atomic mass is 32.2. The average Bonchev–Trinajstić information content (AvgIpc) is 3.18. The molecule has 3 aromatic rings. The number of benzene rings is 2. The summed E-state index contributed by atoms with van der Waals surface area (Å²) in [6, 6.07) is 13.7. The summed E-state index contributed by atoms with van der Waals surface area (Å²) in [5.41, 5.74) is 5.85. The van der Waals surface area contributed by atoms with Crippen LogP contribution in [0.4, 0.5) is 5.69 Å². The van der Waals surface area contributed by atoms with Gasteiger partial charge in [-0.25, -0.2) is 8.42 Å². The Bertz CT molecular complexity index is 1170. The minimum atomic E-state index is -3.92. The highest BCUT2D eigenvalue weighted by Gasteiger charge is 2.17. The Balaban J connectivity index is 1.70. The van der Waals surface area contributed by atoms with Crippen molar-refractivity contribution in [2.75, 3.05) is 11.8 Å². The lowest BCUT2D eigenvalue weighted by Gasteiger charge is -2.11. The number of anilines is 1. The van der Waals surface area contributed by atoms with Crippen molar-refractivity contribution in [2.45, 2.75) is 11.8 Å². The molecule has 0 bridgehead atoms. The van der Waals surface area contributed by atoms with Gasteiger partial charge >= 0.3 is 0 Å². The molecule has 0 fully saturated rings. The van der Waals surface area contributed by atoms with Crippen molar-refractivity contribution < 1.29 is 22.7 Å². The summed E-state index contributed by atoms with van der Waals surface area (Å²) < 4.78 is 32.8. The number of hydrogen-bond donors (Lipinski definition) is 3. The second kappa shape index (κ2) is 8.97. The van der Waals surface area contributed by atoms with Gasteiger partial charge in [0.2, 0.25) is 0 Å². The van der Waals surface area contributed by atoms with Crippen LogP contribution in [0, 0.1) is 6.92 Å². The zero-order valence-electron chi connectivity index (χ0n) is 16.1. The van der Waals surface area contributed by atoms with E-state index in [2.05, 4.69) is 15.6 Å². The van der Waals surface area contributed by atoms with Gasteiger partial charge in [-0.3, -0.25) is 25.2 Å². The number of hydrazine groups is 1. The van der Waals surface area contributed by atoms with Crippen molar-refractivity contribution in [3.63, 3.8) is 0 Å². The Hall–Kier alpha value is -3.37. The molecule has 3 N–H and O–H groups in total. The van der Waals surface area contributed by atoms with Crippen LogP contribution in [0.3, 0.4) is 0 Å². The first-order valence-corrected chi connectivity index (χ1v) is 11.1. The van der Waals surface area contributed by atoms with Gasteiger partial charge in [0, 0.05) is 11.3 Å². The molecule has 0 unspecified atom stereocenters. The number of rotatable bonds is 6. The van der Waals surface area contributed by atoms with Crippen LogP contribution in [-0.2, 0) is 10.0 Å². The predicted octanol–water partition coefficient (Wildman–Crippen LogP) is 2.94. The van der Waals surface area contributed by atoms with Gasteiger partial charge in [0.25, 0.3) is 21.8 Å². The lowest BCUT2D eigenvalue weighted by atomic mass is 10.2. The number of nitrogens with one attached hydrogen (secondary N) is 3. The van der Waals surface area contributed by atoms with E-state index in [0.29, 0.717) is 16.3 Å². The summed E-state index contributed by atoms with van der Waals surface area (Å²) in [4.78, 5) is 24.9. The van der Waals surface area contributed by atoms with Crippen molar-refractivity contribution >= 4 is 38.9 Å². The SMILES string of the molecule is COc1ccc(NS(=O)(=O)c2cccc(C(=O)NNC(=O)c3sccc3C)c2)cc1. The zero-order valence-corrected chi connectivity index (χ0v) is 17.8. The molecular formula is C20H19N3O5S2. The predicted molar refractivity (Wildman–Crippen MR) is 114 cm³/mol. The molecule has 0 aliphatic rings. The Labute approximate surface area is 177 Å². The second-order valence-corrected chi connectivity index (χ2v) is 8.80. The van der Waals surface area contributed by atoms with E-state index in [9.17, 15) is 18.0 Å². The Morgan fingerprint density at radius 3 is 2.30 bits per heavy atom. The highest BCUT2D eigenvalue weighted by Crippen LogP contribution is 2.20. The standard InChI is InChI=1S/C20H19N3O5S2/c1-13-10-11-29-18(13)20(25)22-21-19(24)14-4-3-5-17(12-14)30(26,27)23-15-6-8-16(28-2)9-7-15/h3-12,23H,1-2H3,(H,21,24)(H,22,25). The largest absolute Gasteiger partial charge is 0.497 e. The molecule has 1 aromatic heterocycles. The smallest absolute Gasteiger partial charge is 0.280 e. The fourth-order valence-electron chi connectivity index (χ4n) is 2.53. The average molecular weight is 446 g/mol. The van der Waals surface area contributed by atoms with Crippen LogP contribution >= 0.6 is 11.3 Å². The van der Waals surface area contributed by atoms with Crippen molar-refractivity contribution in [3.8, 4) is 5.75 Å². The molecule has 10 heteroatoms. The number of carbonyl (C=O) groups excluding carboxylic acids is 2. The van der Waals surface area contributed by atoms with E-state index in [1.807, 2.05) is 0 Å². The maximum Gasteiger partial charge on any atom is 0.280 e. The van der Waals surface area contributed by atoms with Gasteiger partial charge in [-0.1, -0.05) is 6.07 Å². The van der Waals surface area contributed by atoms with Crippen LogP contribution in [0.1, 0.15) is 25.6 Å². The van der Waals surface area contributed by atoms with E-state index >= 15 is 0 Å². The Morgan fingerprint density at radius 2 is 1.67 bits per heavy atom. The first kappa shape index (κ1) is 21.3. The van der Waals surface area contributed by atoms with E-state index in [1.165, 1.54) is 42.7 Å². The lowest BCUT2D eigenvalue weighted by molar-refractivity contribution is 0.0848. The van der Waals surface area contributed by atoms with Gasteiger partial charge in [-0.15, -0.1) is 11.3 Å². The third-order valence-corrected chi connectivity index (χ3v) is 6.50. The lowest BCUT2D eigenvalue weighted by Crippen LogP contribution is -2.41. The second-order valence-electron chi connectivity index (χ2n) is 6.20. The van der Waals surface area contributed by atoms with Gasteiger partial charge in [0.05, 0.1) is 16.9 Å². The summed E-state index contributed by atoms with van der Waals surface area (Å²) in [6.07, 6.45) is 0. The Kier molecular flexibility index (Phi) is 6.38. The molecule has 0 aliphatic carbocycles. The molecule has 0 saturated heterocycles. The van der Waals surface area contributed by atoms with E-state index in [0.717, 1.165) is 5.56 Å². The maximum absolute atomic E-state index is 12.6. The fraction of sp³-hybridized carbons (Fsp3) is 0.100. The summed E-state index contributed by atoms with van der Waals surface area (Å²) >= 11 is 1.26. The van der Waals surface area contributed by atoms with Crippen LogP contribution in [0.5, 0.6) is 5.75 Å². The van der Waals surface area contributed by atoms with E-state index in [4.69, 9.17) is 4.74 Å². The monoisotopic (exact) mass is 445 g/mol.